The Kier molecular flexibility index (Phi) is 11.5. The van der Waals surface area contributed by atoms with Gasteiger partial charge < -0.3 is 34.8 Å². The van der Waals surface area contributed by atoms with Gasteiger partial charge in [-0.15, -0.1) is 0 Å². The van der Waals surface area contributed by atoms with Gasteiger partial charge in [-0.05, 0) is 12.8 Å². The predicted octanol–water partition coefficient (Wildman–Crippen LogP) is -0.150. The maximum atomic E-state index is 11.3. The quantitative estimate of drug-likeness (QED) is 0.267. The third kappa shape index (κ3) is 8.52. The van der Waals surface area contributed by atoms with E-state index in [1.807, 2.05) is 0 Å². The van der Waals surface area contributed by atoms with Crippen LogP contribution in [0.2, 0.25) is 0 Å². The molecule has 0 spiro atoms. The first-order valence-electron chi connectivity index (χ1n) is 9.48. The lowest BCUT2D eigenvalue weighted by molar-refractivity contribution is -0.270. The van der Waals surface area contributed by atoms with Crippen molar-refractivity contribution in [3.63, 3.8) is 0 Å². The molecule has 0 aromatic heterocycles. The Morgan fingerprint density at radius 3 is 2.26 bits per heavy atom. The number of nitrogens with one attached hydrogen (secondary N) is 1. The largest absolute Gasteiger partial charge is 0.469 e. The average Bonchev–Trinajstić information content (AvgIpc) is 2.65. The number of ether oxygens (including phenoxy) is 3. The number of aliphatic hydroxyl groups excluding tert-OH is 3. The zero-order valence-corrected chi connectivity index (χ0v) is 16.1. The highest BCUT2D eigenvalue weighted by atomic mass is 16.7. The minimum Gasteiger partial charge on any atom is -0.469 e. The van der Waals surface area contributed by atoms with Crippen molar-refractivity contribution in [1.82, 2.24) is 5.32 Å². The van der Waals surface area contributed by atoms with E-state index in [2.05, 4.69) is 10.1 Å². The first-order valence-corrected chi connectivity index (χ1v) is 9.48. The fourth-order valence-corrected chi connectivity index (χ4v) is 2.99. The normalized spacial score (nSPS) is 28.0. The summed E-state index contributed by atoms with van der Waals surface area (Å²) in [6.45, 7) is 1.20. The maximum Gasteiger partial charge on any atom is 0.305 e. The van der Waals surface area contributed by atoms with Crippen LogP contribution in [-0.4, -0.2) is 78.2 Å². The Bertz CT molecular complexity index is 447. The van der Waals surface area contributed by atoms with Gasteiger partial charge in [0.25, 0.3) is 0 Å². The fourth-order valence-electron chi connectivity index (χ4n) is 2.99. The van der Waals surface area contributed by atoms with Gasteiger partial charge in [-0.1, -0.05) is 25.7 Å². The van der Waals surface area contributed by atoms with Crippen LogP contribution in [0, 0.1) is 0 Å². The van der Waals surface area contributed by atoms with Crippen LogP contribution in [0.4, 0.5) is 0 Å². The van der Waals surface area contributed by atoms with E-state index >= 15 is 0 Å². The first-order chi connectivity index (χ1) is 12.9. The van der Waals surface area contributed by atoms with Crippen molar-refractivity contribution in [3.8, 4) is 0 Å². The molecule has 0 aromatic rings. The van der Waals surface area contributed by atoms with Crippen molar-refractivity contribution in [1.29, 1.82) is 0 Å². The standard InChI is InChI=1S/C18H33NO8/c1-12(21)19-15-17(24)16(23)13(11-20)27-18(15)26-10-8-6-4-3-5-7-9-14(22)25-2/h13,15-18,20,23-24H,3-11H2,1-2H3,(H,19,21)/t13?,15?,16?,17-,18?/m1/s1. The van der Waals surface area contributed by atoms with Crippen LogP contribution in [0.3, 0.4) is 0 Å². The maximum absolute atomic E-state index is 11.3. The van der Waals surface area contributed by atoms with E-state index in [-0.39, 0.29) is 11.9 Å². The van der Waals surface area contributed by atoms with Crippen LogP contribution in [0.1, 0.15) is 51.9 Å². The number of esters is 1. The third-order valence-corrected chi connectivity index (χ3v) is 4.54. The van der Waals surface area contributed by atoms with Crippen LogP contribution >= 0.6 is 0 Å². The number of methoxy groups -OCH3 is 1. The summed E-state index contributed by atoms with van der Waals surface area (Å²) in [6.07, 6.45) is 1.45. The second-order valence-electron chi connectivity index (χ2n) is 6.75. The second kappa shape index (κ2) is 13.0. The number of hydrogen-bond donors (Lipinski definition) is 4. The molecule has 9 nitrogen and oxygen atoms in total. The number of carbonyl (C=O) groups is 2. The summed E-state index contributed by atoms with van der Waals surface area (Å²) in [5, 5.41) is 31.9. The van der Waals surface area contributed by atoms with Gasteiger partial charge in [0.05, 0.1) is 13.7 Å². The van der Waals surface area contributed by atoms with E-state index in [1.54, 1.807) is 0 Å². The van der Waals surface area contributed by atoms with Crippen LogP contribution in [0.5, 0.6) is 0 Å². The smallest absolute Gasteiger partial charge is 0.305 e. The molecule has 0 radical (unpaired) electrons. The molecule has 5 atom stereocenters. The summed E-state index contributed by atoms with van der Waals surface area (Å²) in [6, 6.07) is -0.904. The molecular weight excluding hydrogens is 358 g/mol. The van der Waals surface area contributed by atoms with Crippen molar-refractivity contribution in [2.24, 2.45) is 0 Å². The molecule has 1 aliphatic rings. The Hall–Kier alpha value is -1.26. The molecule has 1 aliphatic heterocycles. The van der Waals surface area contributed by atoms with E-state index in [4.69, 9.17) is 9.47 Å². The van der Waals surface area contributed by atoms with E-state index < -0.39 is 37.3 Å². The van der Waals surface area contributed by atoms with Crippen molar-refractivity contribution in [2.45, 2.75) is 82.5 Å². The highest BCUT2D eigenvalue weighted by Gasteiger charge is 2.45. The molecule has 9 heteroatoms. The van der Waals surface area contributed by atoms with Gasteiger partial charge in [-0.25, -0.2) is 0 Å². The molecule has 1 rings (SSSR count). The van der Waals surface area contributed by atoms with Crippen molar-refractivity contribution >= 4 is 11.9 Å². The fraction of sp³-hybridized carbons (Fsp3) is 0.889. The van der Waals surface area contributed by atoms with Gasteiger partial charge in [0.2, 0.25) is 5.91 Å². The van der Waals surface area contributed by atoms with Gasteiger partial charge in [-0.2, -0.15) is 0 Å². The number of carbonyl (C=O) groups excluding carboxylic acids is 2. The van der Waals surface area contributed by atoms with Crippen LogP contribution < -0.4 is 5.32 Å². The number of aliphatic hydroxyl groups is 3. The Morgan fingerprint density at radius 2 is 1.67 bits per heavy atom. The Balaban J connectivity index is 2.27. The molecule has 0 aliphatic carbocycles. The lowest BCUT2D eigenvalue weighted by Gasteiger charge is -2.42. The van der Waals surface area contributed by atoms with E-state index in [0.29, 0.717) is 13.0 Å². The molecular formula is C18H33NO8. The van der Waals surface area contributed by atoms with Gasteiger partial charge in [0, 0.05) is 20.0 Å². The van der Waals surface area contributed by atoms with E-state index in [9.17, 15) is 24.9 Å². The minimum atomic E-state index is -1.31. The summed E-state index contributed by atoms with van der Waals surface area (Å²) in [5.41, 5.74) is 0. The topological polar surface area (TPSA) is 135 Å². The number of rotatable bonds is 12. The molecule has 0 aromatic carbocycles. The van der Waals surface area contributed by atoms with E-state index in [0.717, 1.165) is 38.5 Å². The number of amides is 1. The number of hydrogen-bond acceptors (Lipinski definition) is 8. The van der Waals surface area contributed by atoms with Crippen LogP contribution in [0.25, 0.3) is 0 Å². The van der Waals surface area contributed by atoms with Crippen molar-refractivity contribution in [3.05, 3.63) is 0 Å². The van der Waals surface area contributed by atoms with Crippen molar-refractivity contribution in [2.75, 3.05) is 20.3 Å². The molecule has 1 heterocycles. The zero-order chi connectivity index (χ0) is 20.2. The second-order valence-corrected chi connectivity index (χ2v) is 6.75. The molecule has 158 valence electrons. The molecule has 27 heavy (non-hydrogen) atoms. The molecule has 1 amide bonds. The first kappa shape index (κ1) is 23.8. The van der Waals surface area contributed by atoms with Crippen LogP contribution in [-0.2, 0) is 23.8 Å². The predicted molar refractivity (Wildman–Crippen MR) is 95.7 cm³/mol. The van der Waals surface area contributed by atoms with Gasteiger partial charge >= 0.3 is 5.97 Å². The molecule has 1 saturated heterocycles. The summed E-state index contributed by atoms with van der Waals surface area (Å²) in [7, 11) is 1.39. The van der Waals surface area contributed by atoms with Gasteiger partial charge in [0.1, 0.15) is 24.4 Å². The highest BCUT2D eigenvalue weighted by molar-refractivity contribution is 5.73. The minimum absolute atomic E-state index is 0.182. The van der Waals surface area contributed by atoms with Crippen molar-refractivity contribution < 1.29 is 39.1 Å². The van der Waals surface area contributed by atoms with Gasteiger partial charge in [0.15, 0.2) is 6.29 Å². The van der Waals surface area contributed by atoms with Gasteiger partial charge in [-0.3, -0.25) is 9.59 Å². The molecule has 0 bridgehead atoms. The summed E-state index contributed by atoms with van der Waals surface area (Å²) in [4.78, 5) is 22.3. The van der Waals surface area contributed by atoms with Crippen LogP contribution in [0.15, 0.2) is 0 Å². The summed E-state index contributed by atoms with van der Waals surface area (Å²) < 4.78 is 15.7. The molecule has 4 N–H and O–H groups in total. The third-order valence-electron chi connectivity index (χ3n) is 4.54. The lowest BCUT2D eigenvalue weighted by atomic mass is 9.97. The highest BCUT2D eigenvalue weighted by Crippen LogP contribution is 2.22. The van der Waals surface area contributed by atoms with E-state index in [1.165, 1.54) is 14.0 Å². The zero-order valence-electron chi connectivity index (χ0n) is 16.1. The SMILES string of the molecule is COC(=O)CCCCCCCCOC1OC(CO)C(O)[C@H](O)C1NC(C)=O. The lowest BCUT2D eigenvalue weighted by Crippen LogP contribution is -2.64. The Morgan fingerprint density at radius 1 is 1.04 bits per heavy atom. The summed E-state index contributed by atoms with van der Waals surface area (Å²) in [5.74, 6) is -0.559. The monoisotopic (exact) mass is 391 g/mol. The number of unbranched alkanes of at least 4 members (excludes halogenated alkanes) is 5. The average molecular weight is 391 g/mol. The Labute approximate surface area is 160 Å². The summed E-state index contributed by atoms with van der Waals surface area (Å²) >= 11 is 0. The molecule has 1 fully saturated rings. The molecule has 0 saturated carbocycles. The molecule has 4 unspecified atom stereocenters.